The number of benzene rings is 1. The summed E-state index contributed by atoms with van der Waals surface area (Å²) in [6.45, 7) is 8.41. The van der Waals surface area contributed by atoms with Crippen molar-refractivity contribution in [2.45, 2.75) is 59.3 Å². The summed E-state index contributed by atoms with van der Waals surface area (Å²) < 4.78 is 5.50. The molecule has 0 radical (unpaired) electrons. The first-order valence-corrected chi connectivity index (χ1v) is 11.5. The first kappa shape index (κ1) is 23.0. The second kappa shape index (κ2) is 7.97. The Labute approximate surface area is 199 Å². The van der Waals surface area contributed by atoms with E-state index in [1.54, 1.807) is 12.1 Å². The van der Waals surface area contributed by atoms with Gasteiger partial charge in [0.2, 0.25) is 0 Å². The molecule has 2 aliphatic carbocycles. The average Bonchev–Trinajstić information content (AvgIpc) is 2.63. The first-order valence-electron chi connectivity index (χ1n) is 10.8. The number of terminal acetylenes is 1. The van der Waals surface area contributed by atoms with Crippen LogP contribution in [0.15, 0.2) is 34.7 Å². The molecule has 1 N–H and O–H groups in total. The standard InChI is InChI=1S/C26H27Cl2NO3/c1-6-7-32-24-15(27)8-14(9-16(24)28)21-22-17(10-25(2,3)12-19(22)30)29-18-11-26(4,5)13-20(31)23(18)21/h1,8-9,21,29H,7,10-13H2,2-5H3. The molecule has 0 amide bonds. The van der Waals surface area contributed by atoms with Crippen molar-refractivity contribution >= 4 is 34.8 Å². The summed E-state index contributed by atoms with van der Waals surface area (Å²) >= 11 is 13.0. The highest BCUT2D eigenvalue weighted by molar-refractivity contribution is 6.37. The van der Waals surface area contributed by atoms with Gasteiger partial charge in [-0.3, -0.25) is 9.59 Å². The third kappa shape index (κ3) is 4.09. The summed E-state index contributed by atoms with van der Waals surface area (Å²) in [6.07, 6.45) is 7.62. The lowest BCUT2D eigenvalue weighted by Gasteiger charge is -2.44. The minimum absolute atomic E-state index is 0.0396. The highest BCUT2D eigenvalue weighted by Crippen LogP contribution is 2.52. The van der Waals surface area contributed by atoms with Crippen LogP contribution < -0.4 is 10.1 Å². The number of nitrogens with one attached hydrogen (secondary N) is 1. The molecule has 1 aromatic rings. The number of dihydropyridines is 1. The van der Waals surface area contributed by atoms with Crippen LogP contribution in [0, 0.1) is 23.2 Å². The Morgan fingerprint density at radius 3 is 1.88 bits per heavy atom. The van der Waals surface area contributed by atoms with Gasteiger partial charge in [0.25, 0.3) is 0 Å². The van der Waals surface area contributed by atoms with Gasteiger partial charge in [0.1, 0.15) is 6.61 Å². The molecule has 1 aromatic carbocycles. The van der Waals surface area contributed by atoms with Crippen molar-refractivity contribution < 1.29 is 14.3 Å². The van der Waals surface area contributed by atoms with Gasteiger partial charge in [0, 0.05) is 41.3 Å². The highest BCUT2D eigenvalue weighted by Gasteiger charge is 2.46. The minimum Gasteiger partial charge on any atom is -0.478 e. The Morgan fingerprint density at radius 2 is 1.44 bits per heavy atom. The van der Waals surface area contributed by atoms with Gasteiger partial charge in [-0.15, -0.1) is 6.42 Å². The summed E-state index contributed by atoms with van der Waals surface area (Å²) in [5.41, 5.74) is 3.53. The van der Waals surface area contributed by atoms with Gasteiger partial charge in [-0.05, 0) is 41.4 Å². The molecular formula is C26H27Cl2NO3. The number of allylic oxidation sites excluding steroid dienone is 4. The Bertz CT molecular complexity index is 1060. The molecular weight excluding hydrogens is 445 g/mol. The van der Waals surface area contributed by atoms with E-state index < -0.39 is 5.92 Å². The molecule has 1 aliphatic heterocycles. The van der Waals surface area contributed by atoms with Gasteiger partial charge in [-0.2, -0.15) is 0 Å². The molecule has 168 valence electrons. The van der Waals surface area contributed by atoms with Gasteiger partial charge in [0.05, 0.1) is 10.0 Å². The second-order valence-corrected chi connectivity index (χ2v) is 11.3. The molecule has 0 saturated heterocycles. The van der Waals surface area contributed by atoms with E-state index >= 15 is 0 Å². The van der Waals surface area contributed by atoms with E-state index in [0.717, 1.165) is 29.8 Å². The Balaban J connectivity index is 1.90. The van der Waals surface area contributed by atoms with Crippen molar-refractivity contribution in [1.29, 1.82) is 0 Å². The van der Waals surface area contributed by atoms with Crippen LogP contribution in [-0.2, 0) is 9.59 Å². The number of rotatable bonds is 3. The smallest absolute Gasteiger partial charge is 0.162 e. The summed E-state index contributed by atoms with van der Waals surface area (Å²) in [4.78, 5) is 26.7. The van der Waals surface area contributed by atoms with Crippen molar-refractivity contribution in [3.05, 3.63) is 50.3 Å². The zero-order chi connectivity index (χ0) is 23.4. The summed E-state index contributed by atoms with van der Waals surface area (Å²) in [6, 6.07) is 3.48. The number of ether oxygens (including phenoxy) is 1. The van der Waals surface area contributed by atoms with Crippen LogP contribution in [0.1, 0.15) is 64.9 Å². The van der Waals surface area contributed by atoms with E-state index in [-0.39, 0.29) is 29.0 Å². The van der Waals surface area contributed by atoms with Gasteiger partial charge in [0.15, 0.2) is 17.3 Å². The molecule has 6 heteroatoms. The van der Waals surface area contributed by atoms with Crippen LogP contribution in [-0.4, -0.2) is 18.2 Å². The number of Topliss-reactive ketones (excluding diaryl/α,β-unsaturated/α-hetero) is 2. The normalized spacial score (nSPS) is 22.2. The lowest BCUT2D eigenvalue weighted by atomic mass is 9.64. The fraction of sp³-hybridized carbons (Fsp3) is 0.462. The molecule has 4 rings (SSSR count). The maximum Gasteiger partial charge on any atom is 0.162 e. The number of carbonyl (C=O) groups excluding carboxylic acids is 2. The molecule has 0 bridgehead atoms. The molecule has 0 fully saturated rings. The second-order valence-electron chi connectivity index (χ2n) is 10.5. The number of carbonyl (C=O) groups is 2. The predicted molar refractivity (Wildman–Crippen MR) is 127 cm³/mol. The zero-order valence-electron chi connectivity index (χ0n) is 18.8. The predicted octanol–water partition coefficient (Wildman–Crippen LogP) is 5.98. The van der Waals surface area contributed by atoms with E-state index in [4.69, 9.17) is 34.4 Å². The van der Waals surface area contributed by atoms with Gasteiger partial charge < -0.3 is 10.1 Å². The summed E-state index contributed by atoms with van der Waals surface area (Å²) in [5, 5.41) is 4.11. The topological polar surface area (TPSA) is 55.4 Å². The van der Waals surface area contributed by atoms with Crippen molar-refractivity contribution in [2.75, 3.05) is 6.61 Å². The average molecular weight is 472 g/mol. The van der Waals surface area contributed by atoms with Crippen LogP contribution >= 0.6 is 23.2 Å². The number of ketones is 2. The quantitative estimate of drug-likeness (QED) is 0.550. The lowest BCUT2D eigenvalue weighted by Crippen LogP contribution is -2.42. The van der Waals surface area contributed by atoms with Gasteiger partial charge in [-0.25, -0.2) is 0 Å². The molecule has 0 spiro atoms. The number of halogens is 2. The van der Waals surface area contributed by atoms with Crippen LogP contribution in [0.3, 0.4) is 0 Å². The largest absolute Gasteiger partial charge is 0.478 e. The summed E-state index contributed by atoms with van der Waals surface area (Å²) in [5.74, 6) is 2.31. The van der Waals surface area contributed by atoms with Crippen LogP contribution in [0.5, 0.6) is 5.75 Å². The van der Waals surface area contributed by atoms with Crippen LogP contribution in [0.2, 0.25) is 10.0 Å². The third-order valence-electron chi connectivity index (χ3n) is 6.37. The zero-order valence-corrected chi connectivity index (χ0v) is 20.3. The van der Waals surface area contributed by atoms with Crippen LogP contribution in [0.25, 0.3) is 0 Å². The van der Waals surface area contributed by atoms with E-state index in [1.165, 1.54) is 0 Å². The molecule has 4 nitrogen and oxygen atoms in total. The molecule has 0 saturated carbocycles. The van der Waals surface area contributed by atoms with Crippen molar-refractivity contribution in [1.82, 2.24) is 5.32 Å². The monoisotopic (exact) mass is 471 g/mol. The number of hydrogen-bond acceptors (Lipinski definition) is 4. The van der Waals surface area contributed by atoms with Crippen molar-refractivity contribution in [3.8, 4) is 18.1 Å². The first-order chi connectivity index (χ1) is 14.9. The minimum atomic E-state index is -0.495. The Kier molecular flexibility index (Phi) is 5.72. The fourth-order valence-corrected chi connectivity index (χ4v) is 5.83. The SMILES string of the molecule is C#CCOc1c(Cl)cc(C2C3=C(CC(C)(C)CC3=O)NC3=C2C(=O)CC(C)(C)C3)cc1Cl. The van der Waals surface area contributed by atoms with Gasteiger partial charge in [-0.1, -0.05) is 56.8 Å². The van der Waals surface area contributed by atoms with E-state index in [9.17, 15) is 9.59 Å². The fourth-order valence-electron chi connectivity index (χ4n) is 5.22. The molecule has 32 heavy (non-hydrogen) atoms. The molecule has 0 atom stereocenters. The molecule has 3 aliphatic rings. The van der Waals surface area contributed by atoms with E-state index in [1.807, 2.05) is 0 Å². The van der Waals surface area contributed by atoms with Gasteiger partial charge >= 0.3 is 0 Å². The third-order valence-corrected chi connectivity index (χ3v) is 6.93. The van der Waals surface area contributed by atoms with Crippen LogP contribution in [0.4, 0.5) is 0 Å². The summed E-state index contributed by atoms with van der Waals surface area (Å²) in [7, 11) is 0. The van der Waals surface area contributed by atoms with Crippen molar-refractivity contribution in [2.24, 2.45) is 10.8 Å². The Morgan fingerprint density at radius 1 is 0.969 bits per heavy atom. The van der Waals surface area contributed by atoms with E-state index in [0.29, 0.717) is 39.8 Å². The molecule has 1 heterocycles. The molecule has 0 unspecified atom stereocenters. The molecule has 0 aromatic heterocycles. The van der Waals surface area contributed by atoms with Crippen molar-refractivity contribution in [3.63, 3.8) is 0 Å². The lowest BCUT2D eigenvalue weighted by molar-refractivity contribution is -0.119. The Hall–Kier alpha value is -2.22. The maximum absolute atomic E-state index is 13.4. The van der Waals surface area contributed by atoms with E-state index in [2.05, 4.69) is 38.9 Å². The number of hydrogen-bond donors (Lipinski definition) is 1. The highest BCUT2D eigenvalue weighted by atomic mass is 35.5. The maximum atomic E-state index is 13.4.